The summed E-state index contributed by atoms with van der Waals surface area (Å²) in [6.45, 7) is 0.381. The van der Waals surface area contributed by atoms with Gasteiger partial charge < -0.3 is 14.2 Å². The van der Waals surface area contributed by atoms with E-state index in [1.54, 1.807) is 31.3 Å². The summed E-state index contributed by atoms with van der Waals surface area (Å²) in [5.41, 5.74) is 1.83. The summed E-state index contributed by atoms with van der Waals surface area (Å²) in [5, 5.41) is 0. The highest BCUT2D eigenvalue weighted by molar-refractivity contribution is 5.92. The highest BCUT2D eigenvalue weighted by Crippen LogP contribution is 2.30. The van der Waals surface area contributed by atoms with Crippen LogP contribution in [0.5, 0.6) is 0 Å². The van der Waals surface area contributed by atoms with E-state index in [0.717, 1.165) is 11.1 Å². The van der Waals surface area contributed by atoms with Gasteiger partial charge in [0, 0.05) is 14.1 Å². The minimum absolute atomic E-state index is 0.0385. The number of benzene rings is 1. The Bertz CT molecular complexity index is 694. The maximum atomic E-state index is 12.8. The molecule has 5 heteroatoms. The number of furan rings is 1. The van der Waals surface area contributed by atoms with E-state index >= 15 is 0 Å². The number of amides is 2. The van der Waals surface area contributed by atoms with Gasteiger partial charge in [-0.3, -0.25) is 9.59 Å². The van der Waals surface area contributed by atoms with Gasteiger partial charge in [-0.1, -0.05) is 24.3 Å². The van der Waals surface area contributed by atoms with Crippen LogP contribution in [0.25, 0.3) is 0 Å². The molecule has 114 valence electrons. The first-order valence-electron chi connectivity index (χ1n) is 7.18. The van der Waals surface area contributed by atoms with Crippen molar-refractivity contribution >= 4 is 11.8 Å². The van der Waals surface area contributed by atoms with Crippen LogP contribution >= 0.6 is 0 Å². The molecule has 0 aliphatic carbocycles. The second kappa shape index (κ2) is 5.67. The van der Waals surface area contributed by atoms with Crippen molar-refractivity contribution in [1.29, 1.82) is 0 Å². The fourth-order valence-electron chi connectivity index (χ4n) is 2.82. The van der Waals surface area contributed by atoms with Gasteiger partial charge in [0.15, 0.2) is 0 Å². The summed E-state index contributed by atoms with van der Waals surface area (Å²) in [6.07, 6.45) is 1.93. The minimum atomic E-state index is -0.572. The summed E-state index contributed by atoms with van der Waals surface area (Å²) < 4.78 is 5.28. The molecule has 2 amide bonds. The van der Waals surface area contributed by atoms with Gasteiger partial charge in [0.25, 0.3) is 0 Å². The highest BCUT2D eigenvalue weighted by Gasteiger charge is 2.36. The molecule has 0 saturated carbocycles. The zero-order valence-electron chi connectivity index (χ0n) is 12.7. The average molecular weight is 298 g/mol. The maximum Gasteiger partial charge on any atom is 0.250 e. The summed E-state index contributed by atoms with van der Waals surface area (Å²) in [5.74, 6) is 0.566. The molecule has 0 fully saturated rings. The van der Waals surface area contributed by atoms with Crippen LogP contribution in [0.2, 0.25) is 0 Å². The molecule has 22 heavy (non-hydrogen) atoms. The second-order valence-electron chi connectivity index (χ2n) is 5.56. The van der Waals surface area contributed by atoms with Gasteiger partial charge in [0.2, 0.25) is 11.8 Å². The average Bonchev–Trinajstić information content (AvgIpc) is 3.01. The van der Waals surface area contributed by atoms with E-state index in [-0.39, 0.29) is 11.8 Å². The Morgan fingerprint density at radius 1 is 1.32 bits per heavy atom. The molecule has 0 N–H and O–H groups in total. The van der Waals surface area contributed by atoms with Crippen LogP contribution in [0.15, 0.2) is 47.1 Å². The van der Waals surface area contributed by atoms with E-state index in [0.29, 0.717) is 18.7 Å². The molecule has 1 atom stereocenters. The Balaban J connectivity index is 1.88. The number of hydrogen-bond acceptors (Lipinski definition) is 3. The molecule has 0 radical (unpaired) electrons. The lowest BCUT2D eigenvalue weighted by Crippen LogP contribution is -2.45. The van der Waals surface area contributed by atoms with E-state index in [4.69, 9.17) is 4.42 Å². The minimum Gasteiger partial charge on any atom is -0.467 e. The largest absolute Gasteiger partial charge is 0.467 e. The number of fused-ring (bicyclic) bond motifs is 1. The molecule has 0 unspecified atom stereocenters. The third kappa shape index (κ3) is 2.50. The molecule has 0 bridgehead atoms. The third-order valence-corrected chi connectivity index (χ3v) is 4.06. The standard InChI is InChI=1S/C17H18N2O3/c1-18(11-13-7-5-9-22-13)17(21)16-14-8-4-3-6-12(14)10-15(20)19(16)2/h3-9,16H,10-11H2,1-2H3/t16-/m0/s1. The quantitative estimate of drug-likeness (QED) is 0.871. The highest BCUT2D eigenvalue weighted by atomic mass is 16.3. The van der Waals surface area contributed by atoms with E-state index < -0.39 is 6.04 Å². The first-order valence-corrected chi connectivity index (χ1v) is 7.18. The Labute approximate surface area is 129 Å². The Morgan fingerprint density at radius 2 is 2.09 bits per heavy atom. The zero-order chi connectivity index (χ0) is 15.7. The van der Waals surface area contributed by atoms with Crippen LogP contribution in [0.4, 0.5) is 0 Å². The number of nitrogens with zero attached hydrogens (tertiary/aromatic N) is 2. The van der Waals surface area contributed by atoms with E-state index in [1.165, 1.54) is 4.90 Å². The van der Waals surface area contributed by atoms with Gasteiger partial charge >= 0.3 is 0 Å². The first-order chi connectivity index (χ1) is 10.6. The molecule has 1 aliphatic heterocycles. The topological polar surface area (TPSA) is 53.8 Å². The van der Waals surface area contributed by atoms with Crippen LogP contribution in [0.1, 0.15) is 22.9 Å². The van der Waals surface area contributed by atoms with Gasteiger partial charge in [-0.15, -0.1) is 0 Å². The number of hydrogen-bond donors (Lipinski definition) is 0. The van der Waals surface area contributed by atoms with Crippen molar-refractivity contribution in [2.24, 2.45) is 0 Å². The number of likely N-dealkylation sites (N-methyl/N-ethyl adjacent to an activating group) is 2. The molecule has 1 aliphatic rings. The van der Waals surface area contributed by atoms with Crippen molar-refractivity contribution in [2.75, 3.05) is 14.1 Å². The number of carbonyl (C=O) groups is 2. The lowest BCUT2D eigenvalue weighted by Gasteiger charge is -2.35. The summed E-state index contributed by atoms with van der Waals surface area (Å²) in [6, 6.07) is 10.7. The lowest BCUT2D eigenvalue weighted by molar-refractivity contribution is -0.145. The van der Waals surface area contributed by atoms with Gasteiger partial charge in [0.05, 0.1) is 19.2 Å². The van der Waals surface area contributed by atoms with Crippen molar-refractivity contribution in [3.63, 3.8) is 0 Å². The molecular formula is C17H18N2O3. The predicted octanol–water partition coefficient (Wildman–Crippen LogP) is 1.99. The SMILES string of the molecule is CN(Cc1ccco1)C(=O)[C@@H]1c2ccccc2CC(=O)N1C. The predicted molar refractivity (Wildman–Crippen MR) is 80.8 cm³/mol. The summed E-state index contributed by atoms with van der Waals surface area (Å²) in [7, 11) is 3.40. The molecule has 5 nitrogen and oxygen atoms in total. The van der Waals surface area contributed by atoms with E-state index in [2.05, 4.69) is 0 Å². The molecule has 1 aromatic heterocycles. The van der Waals surface area contributed by atoms with Crippen LogP contribution in [0, 0.1) is 0 Å². The van der Waals surface area contributed by atoms with Crippen LogP contribution in [-0.4, -0.2) is 35.7 Å². The zero-order valence-corrected chi connectivity index (χ0v) is 12.7. The molecule has 3 rings (SSSR count). The smallest absolute Gasteiger partial charge is 0.250 e. The van der Waals surface area contributed by atoms with Crippen molar-refractivity contribution < 1.29 is 14.0 Å². The van der Waals surface area contributed by atoms with Gasteiger partial charge in [0.1, 0.15) is 11.8 Å². The molecular weight excluding hydrogens is 280 g/mol. The number of carbonyl (C=O) groups excluding carboxylic acids is 2. The summed E-state index contributed by atoms with van der Waals surface area (Å²) >= 11 is 0. The van der Waals surface area contributed by atoms with E-state index in [9.17, 15) is 9.59 Å². The van der Waals surface area contributed by atoms with Crippen molar-refractivity contribution in [1.82, 2.24) is 9.80 Å². The van der Waals surface area contributed by atoms with Crippen LogP contribution in [-0.2, 0) is 22.6 Å². The van der Waals surface area contributed by atoms with Crippen LogP contribution < -0.4 is 0 Å². The molecule has 0 saturated heterocycles. The van der Waals surface area contributed by atoms with Crippen LogP contribution in [0.3, 0.4) is 0 Å². The fraction of sp³-hybridized carbons (Fsp3) is 0.294. The van der Waals surface area contributed by atoms with Crippen molar-refractivity contribution in [2.45, 2.75) is 19.0 Å². The summed E-state index contributed by atoms with van der Waals surface area (Å²) in [4.78, 5) is 28.1. The molecule has 1 aromatic carbocycles. The Morgan fingerprint density at radius 3 is 2.82 bits per heavy atom. The Hall–Kier alpha value is -2.56. The maximum absolute atomic E-state index is 12.8. The van der Waals surface area contributed by atoms with Gasteiger partial charge in [-0.25, -0.2) is 0 Å². The molecule has 0 spiro atoms. The van der Waals surface area contributed by atoms with E-state index in [1.807, 2.05) is 30.3 Å². The van der Waals surface area contributed by atoms with Crippen molar-refractivity contribution in [3.8, 4) is 0 Å². The third-order valence-electron chi connectivity index (χ3n) is 4.06. The normalized spacial score (nSPS) is 17.3. The molecule has 2 heterocycles. The first kappa shape index (κ1) is 14.4. The second-order valence-corrected chi connectivity index (χ2v) is 5.56. The van der Waals surface area contributed by atoms with Gasteiger partial charge in [-0.05, 0) is 23.3 Å². The fourth-order valence-corrected chi connectivity index (χ4v) is 2.82. The lowest BCUT2D eigenvalue weighted by atomic mass is 9.92. The molecule has 2 aromatic rings. The number of rotatable bonds is 3. The Kier molecular flexibility index (Phi) is 3.71. The monoisotopic (exact) mass is 298 g/mol. The van der Waals surface area contributed by atoms with Crippen molar-refractivity contribution in [3.05, 3.63) is 59.5 Å². The van der Waals surface area contributed by atoms with Gasteiger partial charge in [-0.2, -0.15) is 0 Å².